The summed E-state index contributed by atoms with van der Waals surface area (Å²) in [5, 5.41) is 7.46. The van der Waals surface area contributed by atoms with Crippen molar-refractivity contribution in [2.45, 2.75) is 13.0 Å². The summed E-state index contributed by atoms with van der Waals surface area (Å²) in [4.78, 5) is 7.90. The van der Waals surface area contributed by atoms with E-state index in [0.29, 0.717) is 0 Å². The van der Waals surface area contributed by atoms with Gasteiger partial charge in [0.25, 0.3) is 5.88 Å². The minimum Gasteiger partial charge on any atom is -0.497 e. The number of benzene rings is 1. The fraction of sp³-hybridized carbons (Fsp3) is 0.235. The minimum atomic E-state index is -0.604. The highest BCUT2D eigenvalue weighted by Gasteiger charge is 2.13. The Kier molecular flexibility index (Phi) is 4.78. The third kappa shape index (κ3) is 3.68. The largest absolute Gasteiger partial charge is 0.497 e. The maximum absolute atomic E-state index is 13.4. The second kappa shape index (κ2) is 7.16. The number of nitrogens with zero attached hydrogens (tertiary/aromatic N) is 4. The lowest BCUT2D eigenvalue weighted by molar-refractivity contribution is 0.367. The fourth-order valence-electron chi connectivity index (χ4n) is 2.28. The summed E-state index contributed by atoms with van der Waals surface area (Å²) in [5.41, 5.74) is 1.85. The first-order chi connectivity index (χ1) is 12.1. The molecule has 1 aromatic carbocycles. The molecule has 0 aliphatic carbocycles. The average Bonchev–Trinajstić information content (AvgIpc) is 3.13. The molecule has 0 radical (unpaired) electrons. The molecule has 8 heteroatoms. The Morgan fingerprint density at radius 1 is 1.12 bits per heavy atom. The SMILES string of the molecule is COc1ccc(-n2cc(C(C)Nc3ncc(F)c(OC)n3)cn2)cc1. The van der Waals surface area contributed by atoms with Crippen molar-refractivity contribution in [1.29, 1.82) is 0 Å². The van der Waals surface area contributed by atoms with Gasteiger partial charge in [-0.3, -0.25) is 0 Å². The molecule has 1 N–H and O–H groups in total. The number of aromatic nitrogens is 4. The van der Waals surface area contributed by atoms with Crippen LogP contribution < -0.4 is 14.8 Å². The molecule has 0 bridgehead atoms. The van der Waals surface area contributed by atoms with Crippen molar-refractivity contribution in [2.75, 3.05) is 19.5 Å². The maximum atomic E-state index is 13.4. The van der Waals surface area contributed by atoms with Gasteiger partial charge >= 0.3 is 0 Å². The quantitative estimate of drug-likeness (QED) is 0.742. The van der Waals surface area contributed by atoms with E-state index in [1.165, 1.54) is 7.11 Å². The highest BCUT2D eigenvalue weighted by atomic mass is 19.1. The zero-order valence-corrected chi connectivity index (χ0v) is 14.1. The molecule has 0 amide bonds. The molecular formula is C17H18FN5O2. The second-order valence-corrected chi connectivity index (χ2v) is 5.33. The predicted molar refractivity (Wildman–Crippen MR) is 90.7 cm³/mol. The highest BCUT2D eigenvalue weighted by Crippen LogP contribution is 2.21. The van der Waals surface area contributed by atoms with Gasteiger partial charge in [0.1, 0.15) is 5.75 Å². The number of hydrogen-bond donors (Lipinski definition) is 1. The van der Waals surface area contributed by atoms with Gasteiger partial charge in [0, 0.05) is 11.8 Å². The van der Waals surface area contributed by atoms with E-state index in [4.69, 9.17) is 9.47 Å². The maximum Gasteiger partial charge on any atom is 0.255 e. The van der Waals surface area contributed by atoms with Crippen LogP contribution in [0.1, 0.15) is 18.5 Å². The second-order valence-electron chi connectivity index (χ2n) is 5.33. The van der Waals surface area contributed by atoms with Crippen molar-refractivity contribution in [3.05, 3.63) is 54.2 Å². The van der Waals surface area contributed by atoms with Crippen LogP contribution in [0.5, 0.6) is 11.6 Å². The van der Waals surface area contributed by atoms with E-state index < -0.39 is 5.82 Å². The van der Waals surface area contributed by atoms with Gasteiger partial charge in [0.15, 0.2) is 0 Å². The molecule has 0 spiro atoms. The molecule has 2 heterocycles. The van der Waals surface area contributed by atoms with Crippen LogP contribution in [0.2, 0.25) is 0 Å². The monoisotopic (exact) mass is 343 g/mol. The van der Waals surface area contributed by atoms with Crippen LogP contribution in [0, 0.1) is 5.82 Å². The zero-order chi connectivity index (χ0) is 17.8. The summed E-state index contributed by atoms with van der Waals surface area (Å²) in [7, 11) is 2.98. The summed E-state index contributed by atoms with van der Waals surface area (Å²) in [6.45, 7) is 1.94. The molecule has 0 fully saturated rings. The molecule has 1 unspecified atom stereocenters. The van der Waals surface area contributed by atoms with Gasteiger partial charge < -0.3 is 14.8 Å². The molecule has 7 nitrogen and oxygen atoms in total. The van der Waals surface area contributed by atoms with E-state index in [1.807, 2.05) is 37.4 Å². The molecule has 1 atom stereocenters. The Balaban J connectivity index is 1.74. The van der Waals surface area contributed by atoms with E-state index in [9.17, 15) is 4.39 Å². The Morgan fingerprint density at radius 3 is 2.56 bits per heavy atom. The predicted octanol–water partition coefficient (Wildman–Crippen LogP) is 2.99. The van der Waals surface area contributed by atoms with Crippen LogP contribution in [0.4, 0.5) is 10.3 Å². The summed E-state index contributed by atoms with van der Waals surface area (Å²) in [5.74, 6) is 0.364. The molecule has 0 saturated heterocycles. The highest BCUT2D eigenvalue weighted by molar-refractivity contribution is 5.38. The lowest BCUT2D eigenvalue weighted by atomic mass is 10.2. The molecule has 2 aromatic heterocycles. The van der Waals surface area contributed by atoms with Gasteiger partial charge in [-0.15, -0.1) is 0 Å². The molecule has 0 aliphatic rings. The van der Waals surface area contributed by atoms with Crippen LogP contribution in [0.3, 0.4) is 0 Å². The van der Waals surface area contributed by atoms with Gasteiger partial charge in [-0.05, 0) is 31.2 Å². The number of hydrogen-bond acceptors (Lipinski definition) is 6. The topological polar surface area (TPSA) is 74.1 Å². The molecule has 3 aromatic rings. The van der Waals surface area contributed by atoms with Crippen molar-refractivity contribution >= 4 is 5.95 Å². The molecular weight excluding hydrogens is 325 g/mol. The zero-order valence-electron chi connectivity index (χ0n) is 14.1. The molecule has 3 rings (SSSR count). The lowest BCUT2D eigenvalue weighted by Gasteiger charge is -2.12. The Bertz CT molecular complexity index is 850. The van der Waals surface area contributed by atoms with E-state index in [0.717, 1.165) is 23.2 Å². The Morgan fingerprint density at radius 2 is 1.88 bits per heavy atom. The standard InChI is InChI=1S/C17H18FN5O2/c1-11(21-17-19-9-15(18)16(22-17)25-3)12-8-20-23(10-12)13-4-6-14(24-2)7-5-13/h4-11H,1-3H3,(H,19,21,22). The third-order valence-corrected chi connectivity index (χ3v) is 3.69. The summed E-state index contributed by atoms with van der Waals surface area (Å²) in [6, 6.07) is 7.46. The summed E-state index contributed by atoms with van der Waals surface area (Å²) in [6.07, 6.45) is 4.73. The fourth-order valence-corrected chi connectivity index (χ4v) is 2.28. The van der Waals surface area contributed by atoms with E-state index in [-0.39, 0.29) is 17.9 Å². The normalized spacial score (nSPS) is 11.8. The van der Waals surface area contributed by atoms with Crippen LogP contribution >= 0.6 is 0 Å². The number of halogens is 1. The minimum absolute atomic E-state index is 0.0985. The van der Waals surface area contributed by atoms with Crippen LogP contribution in [-0.2, 0) is 0 Å². The number of nitrogens with one attached hydrogen (secondary N) is 1. The Labute approximate surface area is 144 Å². The third-order valence-electron chi connectivity index (χ3n) is 3.69. The number of anilines is 1. The molecule has 0 saturated carbocycles. The molecule has 25 heavy (non-hydrogen) atoms. The number of rotatable bonds is 6. The van der Waals surface area contributed by atoms with Crippen molar-refractivity contribution in [3.8, 4) is 17.3 Å². The van der Waals surface area contributed by atoms with Crippen LogP contribution in [0.15, 0.2) is 42.9 Å². The van der Waals surface area contributed by atoms with Gasteiger partial charge in [-0.1, -0.05) is 0 Å². The summed E-state index contributed by atoms with van der Waals surface area (Å²) >= 11 is 0. The van der Waals surface area contributed by atoms with E-state index in [1.54, 1.807) is 18.0 Å². The molecule has 130 valence electrons. The Hall–Kier alpha value is -3.16. The van der Waals surface area contributed by atoms with Gasteiger partial charge in [0.2, 0.25) is 11.8 Å². The van der Waals surface area contributed by atoms with Crippen molar-refractivity contribution < 1.29 is 13.9 Å². The summed E-state index contributed by atoms with van der Waals surface area (Å²) < 4.78 is 25.2. The first kappa shape index (κ1) is 16.7. The first-order valence-electron chi connectivity index (χ1n) is 7.62. The van der Waals surface area contributed by atoms with Gasteiger partial charge in [-0.25, -0.2) is 9.67 Å². The van der Waals surface area contributed by atoms with Gasteiger partial charge in [0.05, 0.1) is 38.3 Å². The van der Waals surface area contributed by atoms with Crippen molar-refractivity contribution in [3.63, 3.8) is 0 Å². The van der Waals surface area contributed by atoms with Crippen molar-refractivity contribution in [1.82, 2.24) is 19.7 Å². The van der Waals surface area contributed by atoms with E-state index in [2.05, 4.69) is 20.4 Å². The van der Waals surface area contributed by atoms with Crippen LogP contribution in [0.25, 0.3) is 5.69 Å². The van der Waals surface area contributed by atoms with E-state index >= 15 is 0 Å². The number of ether oxygens (including phenoxy) is 2. The molecule has 0 aliphatic heterocycles. The van der Waals surface area contributed by atoms with Crippen molar-refractivity contribution in [2.24, 2.45) is 0 Å². The average molecular weight is 343 g/mol. The number of methoxy groups -OCH3 is 2. The first-order valence-corrected chi connectivity index (χ1v) is 7.62. The van der Waals surface area contributed by atoms with Gasteiger partial charge in [-0.2, -0.15) is 14.5 Å². The lowest BCUT2D eigenvalue weighted by Crippen LogP contribution is -2.10. The van der Waals surface area contributed by atoms with Crippen LogP contribution in [-0.4, -0.2) is 34.0 Å². The smallest absolute Gasteiger partial charge is 0.255 e.